The Balaban J connectivity index is 1.73. The maximum atomic E-state index is 13.3. The van der Waals surface area contributed by atoms with Crippen molar-refractivity contribution in [3.05, 3.63) is 36.4 Å². The number of nitrogens with two attached hydrogens (primary N) is 1. The lowest BCUT2D eigenvalue weighted by Gasteiger charge is -2.12. The number of nitrogens with zero attached hydrogens (tertiary/aromatic N) is 3. The quantitative estimate of drug-likeness (QED) is 0.758. The van der Waals surface area contributed by atoms with Crippen LogP contribution in [-0.2, 0) is 0 Å². The lowest BCUT2D eigenvalue weighted by molar-refractivity contribution is 0.629. The van der Waals surface area contributed by atoms with Crippen LogP contribution in [0.1, 0.15) is 19.3 Å². The number of rotatable bonds is 2. The van der Waals surface area contributed by atoms with E-state index in [1.165, 1.54) is 12.1 Å². The van der Waals surface area contributed by atoms with E-state index in [4.69, 9.17) is 5.73 Å². The number of anilines is 1. The Labute approximate surface area is 121 Å². The summed E-state index contributed by atoms with van der Waals surface area (Å²) >= 11 is 0. The molecule has 1 aliphatic carbocycles. The standard InChI is InChI=1S/C15H16FN5/c16-9-1-4-12-13(5-9)20-21-8-18-15(7-14(12)21)19-11-3-2-10(17)6-11/h1,4-5,7-8,10-11,19H,2-3,6,17H2/t10-,11-/m0/s1. The van der Waals surface area contributed by atoms with E-state index in [2.05, 4.69) is 15.4 Å². The highest BCUT2D eigenvalue weighted by Gasteiger charge is 2.21. The van der Waals surface area contributed by atoms with E-state index < -0.39 is 0 Å². The monoisotopic (exact) mass is 285 g/mol. The Morgan fingerprint density at radius 2 is 2.19 bits per heavy atom. The van der Waals surface area contributed by atoms with Gasteiger partial charge in [0.05, 0.1) is 11.0 Å². The van der Waals surface area contributed by atoms with Crippen molar-refractivity contribution in [1.29, 1.82) is 0 Å². The zero-order chi connectivity index (χ0) is 14.4. The molecule has 0 saturated heterocycles. The lowest BCUT2D eigenvalue weighted by atomic mass is 10.2. The Kier molecular flexibility index (Phi) is 2.78. The number of nitrogens with one attached hydrogen (secondary N) is 1. The van der Waals surface area contributed by atoms with E-state index in [-0.39, 0.29) is 11.9 Å². The second kappa shape index (κ2) is 4.66. The molecule has 2 aromatic heterocycles. The van der Waals surface area contributed by atoms with Gasteiger partial charge in [0.15, 0.2) is 0 Å². The zero-order valence-electron chi connectivity index (χ0n) is 11.5. The molecule has 21 heavy (non-hydrogen) atoms. The van der Waals surface area contributed by atoms with Crippen molar-refractivity contribution in [2.24, 2.45) is 5.73 Å². The van der Waals surface area contributed by atoms with Crippen molar-refractivity contribution in [1.82, 2.24) is 14.6 Å². The second-order valence-corrected chi connectivity index (χ2v) is 5.68. The average molecular weight is 285 g/mol. The van der Waals surface area contributed by atoms with Crippen molar-refractivity contribution in [2.45, 2.75) is 31.3 Å². The molecule has 2 heterocycles. The fourth-order valence-electron chi connectivity index (χ4n) is 3.05. The van der Waals surface area contributed by atoms with Gasteiger partial charge < -0.3 is 11.1 Å². The first kappa shape index (κ1) is 12.5. The molecule has 3 aromatic rings. The summed E-state index contributed by atoms with van der Waals surface area (Å²) in [6, 6.07) is 7.25. The zero-order valence-corrected chi connectivity index (χ0v) is 11.5. The largest absolute Gasteiger partial charge is 0.367 e. The molecule has 108 valence electrons. The van der Waals surface area contributed by atoms with Gasteiger partial charge in [0.1, 0.15) is 18.0 Å². The Hall–Kier alpha value is -2.21. The Morgan fingerprint density at radius 3 is 3.00 bits per heavy atom. The molecule has 6 heteroatoms. The molecule has 0 bridgehead atoms. The first-order valence-corrected chi connectivity index (χ1v) is 7.15. The van der Waals surface area contributed by atoms with Gasteiger partial charge >= 0.3 is 0 Å². The summed E-state index contributed by atoms with van der Waals surface area (Å²) in [6.07, 6.45) is 4.75. The van der Waals surface area contributed by atoms with Crippen molar-refractivity contribution < 1.29 is 4.39 Å². The predicted molar refractivity (Wildman–Crippen MR) is 79.7 cm³/mol. The number of fused-ring (bicyclic) bond motifs is 3. The summed E-state index contributed by atoms with van der Waals surface area (Å²) in [7, 11) is 0. The SMILES string of the molecule is N[C@H]1CC[C@H](Nc2cc3c4ccc(F)cc4nn3cn2)C1. The first-order valence-electron chi connectivity index (χ1n) is 7.15. The van der Waals surface area contributed by atoms with Gasteiger partial charge in [0.2, 0.25) is 0 Å². The summed E-state index contributed by atoms with van der Waals surface area (Å²) in [6.45, 7) is 0. The number of benzene rings is 1. The fourth-order valence-corrected chi connectivity index (χ4v) is 3.05. The molecular weight excluding hydrogens is 269 g/mol. The minimum Gasteiger partial charge on any atom is -0.367 e. The maximum absolute atomic E-state index is 13.3. The molecule has 5 nitrogen and oxygen atoms in total. The van der Waals surface area contributed by atoms with Crippen LogP contribution in [0, 0.1) is 5.82 Å². The van der Waals surface area contributed by atoms with E-state index in [0.29, 0.717) is 11.6 Å². The second-order valence-electron chi connectivity index (χ2n) is 5.68. The number of halogens is 1. The van der Waals surface area contributed by atoms with Crippen LogP contribution in [0.25, 0.3) is 16.4 Å². The predicted octanol–water partition coefficient (Wildman–Crippen LogP) is 2.31. The minimum absolute atomic E-state index is 0.280. The molecular formula is C15H16FN5. The highest BCUT2D eigenvalue weighted by Crippen LogP contribution is 2.24. The molecule has 2 atom stereocenters. The average Bonchev–Trinajstić information content (AvgIpc) is 3.01. The number of hydrogen-bond acceptors (Lipinski definition) is 4. The smallest absolute Gasteiger partial charge is 0.130 e. The molecule has 3 N–H and O–H groups in total. The summed E-state index contributed by atoms with van der Waals surface area (Å²) in [5, 5.41) is 8.67. The van der Waals surface area contributed by atoms with Crippen molar-refractivity contribution in [3.63, 3.8) is 0 Å². The van der Waals surface area contributed by atoms with Crippen LogP contribution in [-0.4, -0.2) is 26.7 Å². The molecule has 0 radical (unpaired) electrons. The fraction of sp³-hybridized carbons (Fsp3) is 0.333. The maximum Gasteiger partial charge on any atom is 0.130 e. The molecule has 0 spiro atoms. The van der Waals surface area contributed by atoms with Crippen LogP contribution in [0.15, 0.2) is 30.6 Å². The topological polar surface area (TPSA) is 68.2 Å². The van der Waals surface area contributed by atoms with Crippen molar-refractivity contribution >= 4 is 22.2 Å². The van der Waals surface area contributed by atoms with Crippen molar-refractivity contribution in [2.75, 3.05) is 5.32 Å². The van der Waals surface area contributed by atoms with Gasteiger partial charge in [-0.05, 0) is 31.4 Å². The van der Waals surface area contributed by atoms with Crippen LogP contribution < -0.4 is 11.1 Å². The van der Waals surface area contributed by atoms with E-state index in [0.717, 1.165) is 36.0 Å². The summed E-state index contributed by atoms with van der Waals surface area (Å²) in [5.41, 5.74) is 7.49. The highest BCUT2D eigenvalue weighted by atomic mass is 19.1. The van der Waals surface area contributed by atoms with Gasteiger partial charge in [-0.1, -0.05) is 0 Å². The Bertz CT molecular complexity index is 812. The normalized spacial score (nSPS) is 22.2. The third-order valence-corrected chi connectivity index (χ3v) is 4.10. The highest BCUT2D eigenvalue weighted by molar-refractivity contribution is 5.94. The van der Waals surface area contributed by atoms with E-state index in [1.54, 1.807) is 16.9 Å². The van der Waals surface area contributed by atoms with E-state index in [9.17, 15) is 4.39 Å². The van der Waals surface area contributed by atoms with E-state index >= 15 is 0 Å². The third kappa shape index (κ3) is 2.21. The minimum atomic E-state index is -0.280. The molecule has 0 aliphatic heterocycles. The summed E-state index contributed by atoms with van der Waals surface area (Å²) in [5.74, 6) is 0.532. The molecule has 0 amide bonds. The summed E-state index contributed by atoms with van der Waals surface area (Å²) < 4.78 is 14.9. The molecule has 1 aliphatic rings. The lowest BCUT2D eigenvalue weighted by Crippen LogP contribution is -2.21. The van der Waals surface area contributed by atoms with Crippen LogP contribution in [0.4, 0.5) is 10.2 Å². The summed E-state index contributed by atoms with van der Waals surface area (Å²) in [4.78, 5) is 4.37. The molecule has 4 rings (SSSR count). The van der Waals surface area contributed by atoms with Crippen LogP contribution in [0.2, 0.25) is 0 Å². The van der Waals surface area contributed by atoms with Gasteiger partial charge in [-0.3, -0.25) is 0 Å². The van der Waals surface area contributed by atoms with Gasteiger partial charge in [-0.25, -0.2) is 13.9 Å². The molecule has 0 unspecified atom stereocenters. The van der Waals surface area contributed by atoms with Crippen LogP contribution >= 0.6 is 0 Å². The third-order valence-electron chi connectivity index (χ3n) is 4.10. The molecule has 1 fully saturated rings. The molecule has 1 saturated carbocycles. The Morgan fingerprint density at radius 1 is 1.29 bits per heavy atom. The van der Waals surface area contributed by atoms with Crippen LogP contribution in [0.5, 0.6) is 0 Å². The van der Waals surface area contributed by atoms with Gasteiger partial charge in [-0.2, -0.15) is 5.10 Å². The van der Waals surface area contributed by atoms with Gasteiger partial charge in [0.25, 0.3) is 0 Å². The number of aromatic nitrogens is 3. The van der Waals surface area contributed by atoms with E-state index in [1.807, 2.05) is 6.07 Å². The van der Waals surface area contributed by atoms with Crippen molar-refractivity contribution in [3.8, 4) is 0 Å². The number of hydrogen-bond donors (Lipinski definition) is 2. The van der Waals surface area contributed by atoms with Crippen LogP contribution in [0.3, 0.4) is 0 Å². The first-order chi connectivity index (χ1) is 10.2. The molecule has 1 aromatic carbocycles. The van der Waals surface area contributed by atoms with Gasteiger partial charge in [-0.15, -0.1) is 0 Å². The van der Waals surface area contributed by atoms with Gasteiger partial charge in [0, 0.05) is 29.6 Å².